The Balaban J connectivity index is 2.30. The van der Waals surface area contributed by atoms with Crippen molar-refractivity contribution in [3.8, 4) is 0 Å². The third-order valence-corrected chi connectivity index (χ3v) is 3.73. The quantitative estimate of drug-likeness (QED) is 0.570. The molecule has 1 aromatic heterocycles. The minimum atomic E-state index is -0.788. The van der Waals surface area contributed by atoms with Crippen molar-refractivity contribution in [2.45, 2.75) is 20.0 Å². The molecule has 0 atom stereocenters. The molecule has 1 aromatic carbocycles. The number of nitro groups is 2. The van der Waals surface area contributed by atoms with Crippen molar-refractivity contribution < 1.29 is 14.6 Å². The number of rotatable bonds is 6. The van der Waals surface area contributed by atoms with Crippen molar-refractivity contribution >= 4 is 28.9 Å². The number of nitrogens with zero attached hydrogens (tertiary/aromatic N) is 5. The molecule has 132 valence electrons. The summed E-state index contributed by atoms with van der Waals surface area (Å²) >= 11 is 6.05. The van der Waals surface area contributed by atoms with Crippen LogP contribution in [-0.4, -0.2) is 37.5 Å². The van der Waals surface area contributed by atoms with Gasteiger partial charge in [-0.25, -0.2) is 0 Å². The van der Waals surface area contributed by atoms with Gasteiger partial charge in [0.2, 0.25) is 0 Å². The third kappa shape index (κ3) is 4.10. The lowest BCUT2D eigenvalue weighted by atomic mass is 10.1. The van der Waals surface area contributed by atoms with Gasteiger partial charge in [-0.3, -0.25) is 29.7 Å². The van der Waals surface area contributed by atoms with Crippen LogP contribution in [0, 0.1) is 20.2 Å². The minimum Gasteiger partial charge on any atom is -0.336 e. The van der Waals surface area contributed by atoms with E-state index in [0.717, 1.165) is 18.2 Å². The maximum atomic E-state index is 12.5. The molecule has 2 rings (SSSR count). The fourth-order valence-electron chi connectivity index (χ4n) is 2.15. The molecule has 0 aliphatic carbocycles. The molecule has 25 heavy (non-hydrogen) atoms. The lowest BCUT2D eigenvalue weighted by molar-refractivity contribution is -0.394. The van der Waals surface area contributed by atoms with Crippen molar-refractivity contribution in [1.29, 1.82) is 0 Å². The number of benzene rings is 1. The van der Waals surface area contributed by atoms with E-state index in [1.165, 1.54) is 11.9 Å². The van der Waals surface area contributed by atoms with Crippen molar-refractivity contribution in [2.24, 2.45) is 0 Å². The molecule has 2 aromatic rings. The molecule has 0 saturated carbocycles. The Morgan fingerprint density at radius 1 is 1.24 bits per heavy atom. The van der Waals surface area contributed by atoms with Gasteiger partial charge in [0.1, 0.15) is 5.69 Å². The first kappa shape index (κ1) is 18.3. The summed E-state index contributed by atoms with van der Waals surface area (Å²) in [4.78, 5) is 34.0. The second-order valence-electron chi connectivity index (χ2n) is 5.19. The van der Waals surface area contributed by atoms with E-state index in [9.17, 15) is 25.0 Å². The average molecular weight is 368 g/mol. The summed E-state index contributed by atoms with van der Waals surface area (Å²) in [5, 5.41) is 26.4. The molecule has 1 amide bonds. The summed E-state index contributed by atoms with van der Waals surface area (Å²) < 4.78 is 1.61. The number of carbonyl (C=O) groups excluding carboxylic acids is 1. The molecule has 0 saturated heterocycles. The summed E-state index contributed by atoms with van der Waals surface area (Å²) in [5.41, 5.74) is -0.757. The van der Waals surface area contributed by atoms with E-state index >= 15 is 0 Å². The first-order valence-electron chi connectivity index (χ1n) is 7.14. The molecule has 0 aliphatic rings. The van der Waals surface area contributed by atoms with Crippen LogP contribution in [0.4, 0.5) is 11.4 Å². The largest absolute Gasteiger partial charge is 0.336 e. The lowest BCUT2D eigenvalue weighted by Crippen LogP contribution is -2.26. The Hall–Kier alpha value is -3.01. The molecule has 10 nitrogen and oxygen atoms in total. The van der Waals surface area contributed by atoms with E-state index < -0.39 is 27.1 Å². The van der Waals surface area contributed by atoms with E-state index in [1.54, 1.807) is 10.9 Å². The highest BCUT2D eigenvalue weighted by atomic mass is 35.5. The van der Waals surface area contributed by atoms with E-state index in [1.807, 2.05) is 6.92 Å². The van der Waals surface area contributed by atoms with Crippen LogP contribution in [-0.2, 0) is 13.1 Å². The van der Waals surface area contributed by atoms with Crippen LogP contribution in [0.15, 0.2) is 24.4 Å². The van der Waals surface area contributed by atoms with Gasteiger partial charge in [-0.15, -0.1) is 0 Å². The van der Waals surface area contributed by atoms with Gasteiger partial charge in [0.05, 0.1) is 33.0 Å². The second-order valence-corrected chi connectivity index (χ2v) is 5.60. The normalized spacial score (nSPS) is 10.5. The molecule has 0 N–H and O–H groups in total. The van der Waals surface area contributed by atoms with E-state index in [-0.39, 0.29) is 12.1 Å². The summed E-state index contributed by atoms with van der Waals surface area (Å²) in [6.07, 6.45) is 1.62. The number of non-ortho nitro benzene ring substituents is 2. The fraction of sp³-hybridized carbons (Fsp3) is 0.286. The van der Waals surface area contributed by atoms with E-state index in [2.05, 4.69) is 5.10 Å². The number of carbonyl (C=O) groups is 1. The van der Waals surface area contributed by atoms with Crippen LogP contribution in [0.3, 0.4) is 0 Å². The van der Waals surface area contributed by atoms with Gasteiger partial charge in [-0.1, -0.05) is 11.6 Å². The maximum absolute atomic E-state index is 12.5. The standard InChI is InChI=1S/C14H14ClN5O5/c1-3-18-7-12(15)13(16-18)8-17(2)14(21)9-4-10(19(22)23)6-11(5-9)20(24)25/h4-7H,3,8H2,1-2H3. The van der Waals surface area contributed by atoms with Crippen LogP contribution in [0.1, 0.15) is 23.0 Å². The number of halogens is 1. The first-order valence-corrected chi connectivity index (χ1v) is 7.52. The van der Waals surface area contributed by atoms with E-state index in [4.69, 9.17) is 11.6 Å². The van der Waals surface area contributed by atoms with Crippen LogP contribution in [0.2, 0.25) is 5.02 Å². The predicted molar refractivity (Wildman–Crippen MR) is 88.5 cm³/mol. The monoisotopic (exact) mass is 367 g/mol. The van der Waals surface area contributed by atoms with Crippen molar-refractivity contribution in [3.63, 3.8) is 0 Å². The lowest BCUT2D eigenvalue weighted by Gasteiger charge is -2.16. The third-order valence-electron chi connectivity index (χ3n) is 3.42. The van der Waals surface area contributed by atoms with Gasteiger partial charge in [-0.2, -0.15) is 5.10 Å². The highest BCUT2D eigenvalue weighted by Crippen LogP contribution is 2.24. The van der Waals surface area contributed by atoms with Gasteiger partial charge in [0, 0.05) is 31.9 Å². The van der Waals surface area contributed by atoms with Crippen LogP contribution < -0.4 is 0 Å². The zero-order valence-corrected chi connectivity index (χ0v) is 14.1. The van der Waals surface area contributed by atoms with E-state index in [0.29, 0.717) is 17.3 Å². The van der Waals surface area contributed by atoms with Crippen molar-refractivity contribution in [2.75, 3.05) is 7.05 Å². The SMILES string of the molecule is CCn1cc(Cl)c(CN(C)C(=O)c2cc([N+](=O)[O-])cc([N+](=O)[O-])c2)n1. The molecule has 1 heterocycles. The molecule has 0 unspecified atom stereocenters. The summed E-state index contributed by atoms with van der Waals surface area (Å²) in [7, 11) is 1.45. The first-order chi connectivity index (χ1) is 11.7. The molecule has 0 radical (unpaired) electrons. The fourth-order valence-corrected chi connectivity index (χ4v) is 2.36. The number of hydrogen-bond donors (Lipinski definition) is 0. The number of hydrogen-bond acceptors (Lipinski definition) is 6. The maximum Gasteiger partial charge on any atom is 0.277 e. The zero-order chi connectivity index (χ0) is 18.7. The Morgan fingerprint density at radius 2 is 1.80 bits per heavy atom. The van der Waals surface area contributed by atoms with Gasteiger partial charge in [-0.05, 0) is 6.92 Å². The summed E-state index contributed by atoms with van der Waals surface area (Å²) in [6, 6.07) is 2.80. The van der Waals surface area contributed by atoms with Crippen LogP contribution in [0.25, 0.3) is 0 Å². The average Bonchev–Trinajstić information content (AvgIpc) is 2.93. The molecule has 11 heteroatoms. The molecule has 0 aliphatic heterocycles. The zero-order valence-electron chi connectivity index (χ0n) is 13.4. The Labute approximate surface area is 146 Å². The van der Waals surface area contributed by atoms with Crippen molar-refractivity contribution in [1.82, 2.24) is 14.7 Å². The highest BCUT2D eigenvalue weighted by Gasteiger charge is 2.22. The Kier molecular flexibility index (Phi) is 5.32. The van der Waals surface area contributed by atoms with Gasteiger partial charge >= 0.3 is 0 Å². The van der Waals surface area contributed by atoms with Gasteiger partial charge in [0.25, 0.3) is 17.3 Å². The van der Waals surface area contributed by atoms with Gasteiger partial charge < -0.3 is 4.90 Å². The van der Waals surface area contributed by atoms with Gasteiger partial charge in [0.15, 0.2) is 0 Å². The molecular formula is C14H14ClN5O5. The number of amides is 1. The molecule has 0 bridgehead atoms. The summed E-state index contributed by atoms with van der Waals surface area (Å²) in [6.45, 7) is 2.54. The Bertz CT molecular complexity index is 818. The molecular weight excluding hydrogens is 354 g/mol. The topological polar surface area (TPSA) is 124 Å². The highest BCUT2D eigenvalue weighted by molar-refractivity contribution is 6.31. The Morgan fingerprint density at radius 3 is 2.24 bits per heavy atom. The smallest absolute Gasteiger partial charge is 0.277 e. The number of aromatic nitrogens is 2. The predicted octanol–water partition coefficient (Wildman–Crippen LogP) is 2.65. The minimum absolute atomic E-state index is 0.0567. The van der Waals surface area contributed by atoms with Crippen LogP contribution >= 0.6 is 11.6 Å². The number of aryl methyl sites for hydroxylation is 1. The summed E-state index contributed by atoms with van der Waals surface area (Å²) in [5.74, 6) is -0.617. The van der Waals surface area contributed by atoms with Crippen molar-refractivity contribution in [3.05, 3.63) is 60.9 Å². The van der Waals surface area contributed by atoms with Crippen LogP contribution in [0.5, 0.6) is 0 Å². The second kappa shape index (κ2) is 7.26. The molecule has 0 spiro atoms. The number of nitro benzene ring substituents is 2. The molecule has 0 fully saturated rings.